The number of benzene rings is 1. The van der Waals surface area contributed by atoms with Crippen molar-refractivity contribution >= 4 is 0 Å². The molecule has 1 rings (SSSR count). The molecule has 108 valence electrons. The maximum absolute atomic E-state index is 4.10. The number of rotatable bonds is 2. The van der Waals surface area contributed by atoms with Crippen LogP contribution in [0.25, 0.3) is 0 Å². The monoisotopic (exact) mass is 260 g/mol. The molecule has 0 aliphatic heterocycles. The van der Waals surface area contributed by atoms with Crippen LogP contribution in [-0.4, -0.2) is 0 Å². The second-order valence-electron chi connectivity index (χ2n) is 6.94. The zero-order valence-electron chi connectivity index (χ0n) is 14.2. The van der Waals surface area contributed by atoms with Crippen LogP contribution in [0.15, 0.2) is 36.4 Å². The summed E-state index contributed by atoms with van der Waals surface area (Å²) >= 11 is 0. The van der Waals surface area contributed by atoms with Gasteiger partial charge in [-0.3, -0.25) is 0 Å². The molecule has 0 heterocycles. The van der Waals surface area contributed by atoms with Crippen molar-refractivity contribution in [2.24, 2.45) is 0 Å². The van der Waals surface area contributed by atoms with Gasteiger partial charge in [-0.2, -0.15) is 0 Å². The Labute approximate surface area is 120 Å². The molecular formula is C19H32. The van der Waals surface area contributed by atoms with Gasteiger partial charge in [-0.05, 0) is 23.5 Å². The molecular weight excluding hydrogens is 228 g/mol. The lowest BCUT2D eigenvalue weighted by atomic mass is 9.76. The van der Waals surface area contributed by atoms with E-state index < -0.39 is 0 Å². The van der Waals surface area contributed by atoms with Crippen LogP contribution < -0.4 is 0 Å². The normalized spacial score (nSPS) is 11.6. The van der Waals surface area contributed by atoms with E-state index in [1.807, 2.05) is 0 Å². The molecule has 0 unspecified atom stereocenters. The molecule has 0 nitrogen and oxygen atoms in total. The second-order valence-corrected chi connectivity index (χ2v) is 6.94. The van der Waals surface area contributed by atoms with Gasteiger partial charge in [0.1, 0.15) is 0 Å². The summed E-state index contributed by atoms with van der Waals surface area (Å²) in [4.78, 5) is 0. The molecule has 0 N–H and O–H groups in total. The minimum absolute atomic E-state index is 0.0568. The summed E-state index contributed by atoms with van der Waals surface area (Å²) in [5.74, 6) is 0. The maximum Gasteiger partial charge on any atom is 0.00997 e. The second kappa shape index (κ2) is 6.93. The van der Waals surface area contributed by atoms with Gasteiger partial charge in [0.15, 0.2) is 0 Å². The van der Waals surface area contributed by atoms with Crippen molar-refractivity contribution in [3.05, 3.63) is 47.5 Å². The van der Waals surface area contributed by atoms with Crippen molar-refractivity contribution in [1.29, 1.82) is 0 Å². The Hall–Kier alpha value is -1.04. The molecule has 0 aromatic heterocycles. The van der Waals surface area contributed by atoms with Crippen molar-refractivity contribution in [1.82, 2.24) is 0 Å². The van der Waals surface area contributed by atoms with Gasteiger partial charge in [-0.15, -0.1) is 0 Å². The molecule has 1 aromatic rings. The third kappa shape index (κ3) is 5.22. The highest BCUT2D eigenvalue weighted by atomic mass is 14.3. The molecule has 0 aliphatic rings. The van der Waals surface area contributed by atoms with E-state index in [1.54, 1.807) is 0 Å². The van der Waals surface area contributed by atoms with Crippen LogP contribution >= 0.6 is 0 Å². The Kier molecular flexibility index (Phi) is 6.55. The Morgan fingerprint density at radius 3 is 1.79 bits per heavy atom. The Morgan fingerprint density at radius 2 is 1.42 bits per heavy atom. The predicted molar refractivity (Wildman–Crippen MR) is 88.9 cm³/mol. The minimum atomic E-state index is 0.0568. The lowest BCUT2D eigenvalue weighted by Crippen LogP contribution is -2.20. The highest BCUT2D eigenvalue weighted by Gasteiger charge is 2.23. The van der Waals surface area contributed by atoms with E-state index in [0.29, 0.717) is 0 Å². The topological polar surface area (TPSA) is 0 Å². The largest absolute Gasteiger partial charge is 0.0993 e. The highest BCUT2D eigenvalue weighted by Crippen LogP contribution is 2.32. The molecule has 0 saturated heterocycles. The molecule has 0 amide bonds. The number of hydrogen-bond donors (Lipinski definition) is 0. The first kappa shape index (κ1) is 18.0. The van der Waals surface area contributed by atoms with Crippen molar-refractivity contribution in [2.75, 3.05) is 0 Å². The fourth-order valence-corrected chi connectivity index (χ4v) is 1.62. The molecule has 0 spiro atoms. The molecule has 0 radical (unpaired) electrons. The summed E-state index contributed by atoms with van der Waals surface area (Å²) in [6.45, 7) is 21.7. The van der Waals surface area contributed by atoms with Gasteiger partial charge in [-0.25, -0.2) is 0 Å². The van der Waals surface area contributed by atoms with Crippen molar-refractivity contribution in [3.63, 3.8) is 0 Å². The lowest BCUT2D eigenvalue weighted by molar-refractivity contribution is 0.580. The Bertz CT molecular complexity index is 402. The summed E-state index contributed by atoms with van der Waals surface area (Å²) in [6, 6.07) is 8.87. The fraction of sp³-hybridized carbons (Fsp3) is 0.579. The number of allylic oxidation sites excluding steroid dienone is 1. The molecule has 0 saturated carbocycles. The van der Waals surface area contributed by atoms with Gasteiger partial charge >= 0.3 is 0 Å². The maximum atomic E-state index is 4.10. The molecule has 0 aliphatic carbocycles. The molecule has 1 aromatic carbocycles. The number of hydrogen-bond acceptors (Lipinski definition) is 0. The van der Waals surface area contributed by atoms with Crippen LogP contribution in [0.4, 0.5) is 0 Å². The van der Waals surface area contributed by atoms with Crippen LogP contribution in [0.1, 0.15) is 72.9 Å². The molecule has 0 fully saturated rings. The smallest absolute Gasteiger partial charge is 0.00997 e. The van der Waals surface area contributed by atoms with Crippen LogP contribution in [0.3, 0.4) is 0 Å². The third-order valence-electron chi connectivity index (χ3n) is 3.52. The Balaban J connectivity index is 0.000000982. The van der Waals surface area contributed by atoms with E-state index in [1.165, 1.54) is 23.1 Å². The molecule has 0 atom stereocenters. The van der Waals surface area contributed by atoms with Crippen LogP contribution in [0.5, 0.6) is 0 Å². The van der Waals surface area contributed by atoms with Crippen LogP contribution in [-0.2, 0) is 10.8 Å². The first-order chi connectivity index (χ1) is 8.57. The van der Waals surface area contributed by atoms with E-state index in [9.17, 15) is 0 Å². The summed E-state index contributed by atoms with van der Waals surface area (Å²) in [6.07, 6.45) is 1.25. The Morgan fingerprint density at radius 1 is 1.00 bits per heavy atom. The van der Waals surface area contributed by atoms with E-state index >= 15 is 0 Å². The van der Waals surface area contributed by atoms with E-state index in [0.717, 1.165) is 0 Å². The molecule has 0 bridgehead atoms. The average Bonchev–Trinajstić information content (AvgIpc) is 2.29. The minimum Gasteiger partial charge on any atom is -0.0993 e. The summed E-state index contributed by atoms with van der Waals surface area (Å²) in [5, 5.41) is 0. The quantitative estimate of drug-likeness (QED) is 0.551. The van der Waals surface area contributed by atoms with Gasteiger partial charge in [0.25, 0.3) is 0 Å². The van der Waals surface area contributed by atoms with E-state index in [2.05, 4.69) is 86.2 Å². The summed E-state index contributed by atoms with van der Waals surface area (Å²) in [5.41, 5.74) is 4.22. The van der Waals surface area contributed by atoms with E-state index in [-0.39, 0.29) is 10.8 Å². The molecule has 19 heavy (non-hydrogen) atoms. The SMILES string of the molecule is C=C(C)C(C)(C)c1cccc(C(C)(C)C)c1.CCC. The van der Waals surface area contributed by atoms with Crippen molar-refractivity contribution in [3.8, 4) is 0 Å². The first-order valence-electron chi connectivity index (χ1n) is 7.34. The van der Waals surface area contributed by atoms with Crippen molar-refractivity contribution in [2.45, 2.75) is 72.6 Å². The summed E-state index contributed by atoms with van der Waals surface area (Å²) < 4.78 is 0. The predicted octanol–water partition coefficient (Wildman–Crippen LogP) is 6.25. The van der Waals surface area contributed by atoms with Crippen LogP contribution in [0.2, 0.25) is 0 Å². The highest BCUT2D eigenvalue weighted by molar-refractivity contribution is 5.37. The molecule has 0 heteroatoms. The van der Waals surface area contributed by atoms with Gasteiger partial charge in [-0.1, -0.05) is 91.3 Å². The third-order valence-corrected chi connectivity index (χ3v) is 3.52. The summed E-state index contributed by atoms with van der Waals surface area (Å²) in [7, 11) is 0. The average molecular weight is 260 g/mol. The fourth-order valence-electron chi connectivity index (χ4n) is 1.62. The van der Waals surface area contributed by atoms with Crippen molar-refractivity contribution < 1.29 is 0 Å². The zero-order valence-corrected chi connectivity index (χ0v) is 14.2. The van der Waals surface area contributed by atoms with Gasteiger partial charge in [0.05, 0.1) is 0 Å². The lowest BCUT2D eigenvalue weighted by Gasteiger charge is -2.28. The van der Waals surface area contributed by atoms with Crippen LogP contribution in [0, 0.1) is 0 Å². The van der Waals surface area contributed by atoms with Gasteiger partial charge in [0.2, 0.25) is 0 Å². The standard InChI is InChI=1S/C16H24.C3H8/c1-12(2)16(6,7)14-10-8-9-13(11-14)15(3,4)5;1-3-2/h8-11H,1H2,2-7H3;3H2,1-2H3. The van der Waals surface area contributed by atoms with Gasteiger partial charge in [0, 0.05) is 5.41 Å². The first-order valence-corrected chi connectivity index (χ1v) is 7.34. The van der Waals surface area contributed by atoms with Gasteiger partial charge < -0.3 is 0 Å². The van der Waals surface area contributed by atoms with E-state index in [4.69, 9.17) is 0 Å². The zero-order chi connectivity index (χ0) is 15.3.